The number of H-pyrrole nitrogens is 1. The van der Waals surface area contributed by atoms with Gasteiger partial charge in [-0.2, -0.15) is 0 Å². The van der Waals surface area contributed by atoms with E-state index in [4.69, 9.17) is 0 Å². The number of aromatic amines is 1. The van der Waals surface area contributed by atoms with E-state index in [9.17, 15) is 0 Å². The van der Waals surface area contributed by atoms with Crippen molar-refractivity contribution in [3.63, 3.8) is 0 Å². The smallest absolute Gasteiger partial charge is 0.0545 e. The molecule has 0 bridgehead atoms. The summed E-state index contributed by atoms with van der Waals surface area (Å²) in [6.45, 7) is 0. The summed E-state index contributed by atoms with van der Waals surface area (Å²) in [5.74, 6) is 0. The van der Waals surface area contributed by atoms with Crippen molar-refractivity contribution in [2.75, 3.05) is 0 Å². The van der Waals surface area contributed by atoms with Crippen LogP contribution < -0.4 is 0 Å². The summed E-state index contributed by atoms with van der Waals surface area (Å²) < 4.78 is 0. The number of nitrogens with one attached hydrogen (secondary N) is 1. The Labute approximate surface area is 203 Å². The van der Waals surface area contributed by atoms with Crippen molar-refractivity contribution >= 4 is 32.6 Å². The van der Waals surface area contributed by atoms with E-state index in [0.717, 1.165) is 0 Å². The summed E-state index contributed by atoms with van der Waals surface area (Å²) in [5, 5.41) is 5.20. The maximum Gasteiger partial charge on any atom is 0.0545 e. The Balaban J connectivity index is 1.50. The van der Waals surface area contributed by atoms with Crippen molar-refractivity contribution in [3.8, 4) is 44.5 Å². The Kier molecular flexibility index (Phi) is 3.72. The lowest BCUT2D eigenvalue weighted by Gasteiger charge is -2.13. The van der Waals surface area contributed by atoms with Crippen molar-refractivity contribution in [2.45, 2.75) is 0 Å². The van der Waals surface area contributed by atoms with Crippen LogP contribution in [0.4, 0.5) is 0 Å². The number of fused-ring (bicyclic) bond motifs is 6. The molecule has 0 atom stereocenters. The molecule has 0 saturated carbocycles. The van der Waals surface area contributed by atoms with Crippen molar-refractivity contribution in [1.29, 1.82) is 0 Å². The second kappa shape index (κ2) is 6.94. The van der Waals surface area contributed by atoms with Gasteiger partial charge in [-0.05, 0) is 67.9 Å². The van der Waals surface area contributed by atoms with Gasteiger partial charge < -0.3 is 4.98 Å². The van der Waals surface area contributed by atoms with Gasteiger partial charge in [0, 0.05) is 21.9 Å². The fraction of sp³-hybridized carbons (Fsp3) is 0. The van der Waals surface area contributed by atoms with Crippen LogP contribution in [0.2, 0.25) is 0 Å². The van der Waals surface area contributed by atoms with Gasteiger partial charge >= 0.3 is 0 Å². The Bertz CT molecular complexity index is 1910. The molecule has 1 nitrogen and oxygen atoms in total. The molecule has 1 N–H and O–H groups in total. The highest BCUT2D eigenvalue weighted by atomic mass is 14.7. The normalized spacial score (nSPS) is 12.0. The van der Waals surface area contributed by atoms with Gasteiger partial charge in [0.15, 0.2) is 0 Å². The van der Waals surface area contributed by atoms with Crippen LogP contribution in [0.25, 0.3) is 77.1 Å². The predicted octanol–water partition coefficient (Wildman–Crippen LogP) is 9.46. The van der Waals surface area contributed by atoms with Gasteiger partial charge in [-0.25, -0.2) is 0 Å². The summed E-state index contributed by atoms with van der Waals surface area (Å²) in [6.07, 6.45) is 0. The lowest BCUT2D eigenvalue weighted by atomic mass is 9.91. The van der Waals surface area contributed by atoms with Gasteiger partial charge in [-0.15, -0.1) is 0 Å². The van der Waals surface area contributed by atoms with E-state index < -0.39 is 0 Å². The SMILES string of the molecule is c1ccc(-c2cc(-c3ccc4c5c(cccc35)-c3ccccc3-4)c3[nH]c4ccccc4c3c2)cc1. The molecule has 1 heteroatoms. The van der Waals surface area contributed by atoms with Gasteiger partial charge in [0.2, 0.25) is 0 Å². The molecule has 0 amide bonds. The third-order valence-corrected chi connectivity index (χ3v) is 7.56. The molecular weight excluding hydrogens is 422 g/mol. The van der Waals surface area contributed by atoms with Crippen molar-refractivity contribution in [2.24, 2.45) is 0 Å². The first-order valence-electron chi connectivity index (χ1n) is 12.1. The van der Waals surface area contributed by atoms with Crippen molar-refractivity contribution < 1.29 is 0 Å². The van der Waals surface area contributed by atoms with E-state index in [1.54, 1.807) is 0 Å². The summed E-state index contributed by atoms with van der Waals surface area (Å²) >= 11 is 0. The second-order valence-corrected chi connectivity index (χ2v) is 9.42. The maximum absolute atomic E-state index is 3.75. The molecule has 7 aromatic rings. The van der Waals surface area contributed by atoms with Crippen LogP contribution in [0.1, 0.15) is 0 Å². The molecule has 1 heterocycles. The minimum absolute atomic E-state index is 1.17. The molecule has 0 radical (unpaired) electrons. The Morgan fingerprint density at radius 2 is 1.03 bits per heavy atom. The van der Waals surface area contributed by atoms with Crippen LogP contribution in [0.3, 0.4) is 0 Å². The summed E-state index contributed by atoms with van der Waals surface area (Å²) in [6, 6.07) is 44.2. The first kappa shape index (κ1) is 18.8. The number of benzene rings is 6. The van der Waals surface area contributed by atoms with Crippen LogP contribution in [0.5, 0.6) is 0 Å². The van der Waals surface area contributed by atoms with E-state index >= 15 is 0 Å². The van der Waals surface area contributed by atoms with Crippen LogP contribution in [-0.4, -0.2) is 4.98 Å². The second-order valence-electron chi connectivity index (χ2n) is 9.42. The molecule has 0 saturated heterocycles. The highest BCUT2D eigenvalue weighted by Crippen LogP contribution is 2.50. The molecule has 162 valence electrons. The Hall–Kier alpha value is -4.62. The van der Waals surface area contributed by atoms with E-state index in [0.29, 0.717) is 0 Å². The molecule has 35 heavy (non-hydrogen) atoms. The lowest BCUT2D eigenvalue weighted by molar-refractivity contribution is 1.54. The number of aromatic nitrogens is 1. The standard InChI is InChI=1S/C34H21N/c1-2-9-21(10-3-1)22-19-30(34-31(20-22)26-13-6-7-16-32(26)35-34)25-17-18-29-24-12-5-4-11-23(24)27-14-8-15-28(25)33(27)29/h1-20,35H. The van der Waals surface area contributed by atoms with Gasteiger partial charge in [0.25, 0.3) is 0 Å². The average Bonchev–Trinajstić information content (AvgIpc) is 3.46. The summed E-state index contributed by atoms with van der Waals surface area (Å²) in [7, 11) is 0. The molecule has 0 spiro atoms. The molecule has 0 aliphatic heterocycles. The molecule has 0 fully saturated rings. The van der Waals surface area contributed by atoms with Crippen LogP contribution >= 0.6 is 0 Å². The molecular formula is C34H21N. The lowest BCUT2D eigenvalue weighted by Crippen LogP contribution is -1.87. The van der Waals surface area contributed by atoms with Gasteiger partial charge in [0.1, 0.15) is 0 Å². The monoisotopic (exact) mass is 443 g/mol. The average molecular weight is 444 g/mol. The first-order chi connectivity index (χ1) is 17.4. The van der Waals surface area contributed by atoms with Crippen LogP contribution in [0.15, 0.2) is 121 Å². The van der Waals surface area contributed by atoms with Crippen LogP contribution in [-0.2, 0) is 0 Å². The molecule has 0 unspecified atom stereocenters. The highest BCUT2D eigenvalue weighted by molar-refractivity contribution is 6.21. The van der Waals surface area contributed by atoms with Gasteiger partial charge in [-0.1, -0.05) is 103 Å². The third kappa shape index (κ3) is 2.58. The Morgan fingerprint density at radius 1 is 0.371 bits per heavy atom. The molecule has 1 aromatic heterocycles. The van der Waals surface area contributed by atoms with E-state index in [1.807, 2.05) is 0 Å². The molecule has 8 rings (SSSR count). The topological polar surface area (TPSA) is 15.8 Å². The van der Waals surface area contributed by atoms with Crippen LogP contribution in [0, 0.1) is 0 Å². The fourth-order valence-electron chi connectivity index (χ4n) is 6.00. The van der Waals surface area contributed by atoms with Gasteiger partial charge in [-0.3, -0.25) is 0 Å². The molecule has 1 aliphatic rings. The summed E-state index contributed by atoms with van der Waals surface area (Å²) in [4.78, 5) is 3.75. The van der Waals surface area contributed by atoms with E-state index in [-0.39, 0.29) is 0 Å². The largest absolute Gasteiger partial charge is 0.354 e. The zero-order valence-electron chi connectivity index (χ0n) is 19.0. The quantitative estimate of drug-likeness (QED) is 0.274. The Morgan fingerprint density at radius 3 is 1.89 bits per heavy atom. The predicted molar refractivity (Wildman–Crippen MR) is 149 cm³/mol. The third-order valence-electron chi connectivity index (χ3n) is 7.56. The number of hydrogen-bond donors (Lipinski definition) is 1. The van der Waals surface area contributed by atoms with E-state index in [2.05, 4.69) is 126 Å². The molecule has 1 aliphatic carbocycles. The van der Waals surface area contributed by atoms with E-state index in [1.165, 1.54) is 77.1 Å². The summed E-state index contributed by atoms with van der Waals surface area (Å²) in [5.41, 5.74) is 12.7. The fourth-order valence-corrected chi connectivity index (χ4v) is 6.00. The maximum atomic E-state index is 3.75. The highest BCUT2D eigenvalue weighted by Gasteiger charge is 2.23. The van der Waals surface area contributed by atoms with Crippen molar-refractivity contribution in [1.82, 2.24) is 4.98 Å². The van der Waals surface area contributed by atoms with Crippen molar-refractivity contribution in [3.05, 3.63) is 121 Å². The molecule has 6 aromatic carbocycles. The number of para-hydroxylation sites is 1. The van der Waals surface area contributed by atoms with Gasteiger partial charge in [0.05, 0.1) is 5.52 Å². The zero-order valence-corrected chi connectivity index (χ0v) is 19.0. The minimum atomic E-state index is 1.17. The number of rotatable bonds is 2. The number of hydrogen-bond acceptors (Lipinski definition) is 0. The zero-order chi connectivity index (χ0) is 22.9. The first-order valence-corrected chi connectivity index (χ1v) is 12.1. The minimum Gasteiger partial charge on any atom is -0.354 e.